The quantitative estimate of drug-likeness (QED) is 0.860. The Morgan fingerprint density at radius 2 is 2.28 bits per heavy atom. The van der Waals surface area contributed by atoms with Crippen molar-refractivity contribution >= 4 is 17.3 Å². The number of carboxylic acid groups (broad SMARTS) is 1. The van der Waals surface area contributed by atoms with Gasteiger partial charge >= 0.3 is 5.97 Å². The molecular formula is C14H21NO2S. The van der Waals surface area contributed by atoms with Crippen LogP contribution in [0.25, 0.3) is 0 Å². The fraction of sp³-hybridized carbons (Fsp3) is 0.643. The molecule has 3 nitrogen and oxygen atoms in total. The normalized spacial score (nSPS) is 24.1. The van der Waals surface area contributed by atoms with Crippen LogP contribution in [0, 0.1) is 11.8 Å². The highest BCUT2D eigenvalue weighted by Gasteiger charge is 2.20. The van der Waals surface area contributed by atoms with Gasteiger partial charge in [-0.25, -0.2) is 4.79 Å². The van der Waals surface area contributed by atoms with E-state index in [2.05, 4.69) is 12.2 Å². The van der Waals surface area contributed by atoms with E-state index in [1.54, 1.807) is 0 Å². The molecule has 2 rings (SSSR count). The minimum atomic E-state index is -0.812. The number of hydrogen-bond donors (Lipinski definition) is 2. The first-order chi connectivity index (χ1) is 8.68. The van der Waals surface area contributed by atoms with Gasteiger partial charge in [0.15, 0.2) is 0 Å². The lowest BCUT2D eigenvalue weighted by molar-refractivity contribution is 0.0701. The van der Waals surface area contributed by atoms with Crippen molar-refractivity contribution in [3.05, 3.63) is 21.9 Å². The Labute approximate surface area is 112 Å². The molecule has 2 N–H and O–H groups in total. The highest BCUT2D eigenvalue weighted by Crippen LogP contribution is 2.29. The van der Waals surface area contributed by atoms with Crippen molar-refractivity contribution < 1.29 is 9.90 Å². The Morgan fingerprint density at radius 1 is 1.50 bits per heavy atom. The Kier molecular flexibility index (Phi) is 4.78. The van der Waals surface area contributed by atoms with E-state index in [0.717, 1.165) is 23.9 Å². The average Bonchev–Trinajstić information content (AvgIpc) is 2.80. The summed E-state index contributed by atoms with van der Waals surface area (Å²) in [6.07, 6.45) is 5.36. The van der Waals surface area contributed by atoms with Crippen LogP contribution in [0.15, 0.2) is 11.4 Å². The van der Waals surface area contributed by atoms with E-state index < -0.39 is 5.97 Å². The van der Waals surface area contributed by atoms with Crippen molar-refractivity contribution in [3.8, 4) is 0 Å². The Bertz CT molecular complexity index is 402. The van der Waals surface area contributed by atoms with Gasteiger partial charge in [0.2, 0.25) is 0 Å². The van der Waals surface area contributed by atoms with Gasteiger partial charge in [0, 0.05) is 6.54 Å². The van der Waals surface area contributed by atoms with Gasteiger partial charge in [-0.05, 0) is 41.8 Å². The van der Waals surface area contributed by atoms with Crippen LogP contribution in [0.5, 0.6) is 0 Å². The fourth-order valence-electron chi connectivity index (χ4n) is 2.75. The van der Waals surface area contributed by atoms with E-state index in [0.29, 0.717) is 11.4 Å². The molecule has 0 amide bonds. The molecule has 0 bridgehead atoms. The molecule has 1 saturated carbocycles. The number of nitrogens with one attached hydrogen (secondary N) is 1. The molecule has 2 unspecified atom stereocenters. The minimum absolute atomic E-state index is 0.471. The molecule has 1 aromatic rings. The third-order valence-corrected chi connectivity index (χ3v) is 4.90. The maximum Gasteiger partial charge on any atom is 0.346 e. The summed E-state index contributed by atoms with van der Waals surface area (Å²) in [5.41, 5.74) is 0.913. The zero-order valence-corrected chi connectivity index (χ0v) is 11.6. The van der Waals surface area contributed by atoms with Gasteiger partial charge in [0.1, 0.15) is 4.88 Å². The van der Waals surface area contributed by atoms with E-state index in [1.807, 2.05) is 11.4 Å². The average molecular weight is 267 g/mol. The molecule has 0 spiro atoms. The molecule has 1 aliphatic rings. The zero-order valence-electron chi connectivity index (χ0n) is 10.8. The lowest BCUT2D eigenvalue weighted by Gasteiger charge is -2.28. The number of carboxylic acids is 1. The summed E-state index contributed by atoms with van der Waals surface area (Å²) >= 11 is 1.30. The molecular weight excluding hydrogens is 246 g/mol. The predicted octanol–water partition coefficient (Wildman–Crippen LogP) is 3.36. The number of thiophene rings is 1. The number of rotatable bonds is 5. The van der Waals surface area contributed by atoms with Crippen molar-refractivity contribution in [3.63, 3.8) is 0 Å². The molecule has 1 heterocycles. The van der Waals surface area contributed by atoms with Crippen LogP contribution < -0.4 is 5.32 Å². The van der Waals surface area contributed by atoms with E-state index in [4.69, 9.17) is 5.11 Å². The van der Waals surface area contributed by atoms with Gasteiger partial charge in [-0.2, -0.15) is 0 Å². The number of aromatic carboxylic acids is 1. The van der Waals surface area contributed by atoms with Crippen LogP contribution in [-0.2, 0) is 6.54 Å². The predicted molar refractivity (Wildman–Crippen MR) is 74.1 cm³/mol. The van der Waals surface area contributed by atoms with Crippen LogP contribution in [0.2, 0.25) is 0 Å². The standard InChI is InChI=1S/C14H21NO2S/c1-10-4-2-3-5-11(10)8-15-9-12-6-7-18-13(12)14(16)17/h6-7,10-11,15H,2-5,8-9H2,1H3,(H,16,17). The van der Waals surface area contributed by atoms with Crippen LogP contribution in [0.3, 0.4) is 0 Å². The van der Waals surface area contributed by atoms with Gasteiger partial charge in [0.25, 0.3) is 0 Å². The summed E-state index contributed by atoms with van der Waals surface area (Å²) in [7, 11) is 0. The molecule has 100 valence electrons. The SMILES string of the molecule is CC1CCCCC1CNCc1ccsc1C(=O)O. The number of hydrogen-bond acceptors (Lipinski definition) is 3. The summed E-state index contributed by atoms with van der Waals surface area (Å²) in [6.45, 7) is 4.02. The zero-order chi connectivity index (χ0) is 13.0. The van der Waals surface area contributed by atoms with Crippen LogP contribution >= 0.6 is 11.3 Å². The molecule has 4 heteroatoms. The van der Waals surface area contributed by atoms with Crippen molar-refractivity contribution in [2.24, 2.45) is 11.8 Å². The molecule has 2 atom stereocenters. The fourth-order valence-corrected chi connectivity index (χ4v) is 3.51. The van der Waals surface area contributed by atoms with Gasteiger partial charge in [-0.15, -0.1) is 11.3 Å². The number of carbonyl (C=O) groups is 1. The Hall–Kier alpha value is -0.870. The molecule has 0 radical (unpaired) electrons. The molecule has 18 heavy (non-hydrogen) atoms. The summed E-state index contributed by atoms with van der Waals surface area (Å²) in [5.74, 6) is 0.742. The molecule has 0 aliphatic heterocycles. The van der Waals surface area contributed by atoms with Crippen molar-refractivity contribution in [1.29, 1.82) is 0 Å². The summed E-state index contributed by atoms with van der Waals surface area (Å²) in [4.78, 5) is 11.5. The summed E-state index contributed by atoms with van der Waals surface area (Å²) < 4.78 is 0. The van der Waals surface area contributed by atoms with Crippen molar-refractivity contribution in [2.75, 3.05) is 6.54 Å². The van der Waals surface area contributed by atoms with E-state index in [1.165, 1.54) is 37.0 Å². The second kappa shape index (κ2) is 6.34. The first-order valence-electron chi connectivity index (χ1n) is 6.69. The van der Waals surface area contributed by atoms with Crippen molar-refractivity contribution in [1.82, 2.24) is 5.32 Å². The lowest BCUT2D eigenvalue weighted by Crippen LogP contribution is -2.29. The molecule has 0 aromatic carbocycles. The second-order valence-electron chi connectivity index (χ2n) is 5.23. The maximum atomic E-state index is 11.0. The van der Waals surface area contributed by atoms with Crippen LogP contribution in [0.4, 0.5) is 0 Å². The molecule has 0 saturated heterocycles. The highest BCUT2D eigenvalue weighted by atomic mass is 32.1. The lowest BCUT2D eigenvalue weighted by atomic mass is 9.80. The van der Waals surface area contributed by atoms with E-state index in [9.17, 15) is 4.79 Å². The molecule has 1 fully saturated rings. The third kappa shape index (κ3) is 3.33. The molecule has 1 aliphatic carbocycles. The maximum absolute atomic E-state index is 11.0. The van der Waals surface area contributed by atoms with E-state index in [-0.39, 0.29) is 0 Å². The van der Waals surface area contributed by atoms with Crippen molar-refractivity contribution in [2.45, 2.75) is 39.2 Å². The second-order valence-corrected chi connectivity index (χ2v) is 6.15. The van der Waals surface area contributed by atoms with Gasteiger partial charge < -0.3 is 10.4 Å². The van der Waals surface area contributed by atoms with Crippen LogP contribution in [-0.4, -0.2) is 17.6 Å². The monoisotopic (exact) mass is 267 g/mol. The summed E-state index contributed by atoms with van der Waals surface area (Å²) in [6, 6.07) is 1.91. The van der Waals surface area contributed by atoms with E-state index >= 15 is 0 Å². The van der Waals surface area contributed by atoms with Crippen LogP contribution in [0.1, 0.15) is 47.8 Å². The third-order valence-electron chi connectivity index (χ3n) is 3.95. The van der Waals surface area contributed by atoms with Gasteiger partial charge in [0.05, 0.1) is 0 Å². The minimum Gasteiger partial charge on any atom is -0.477 e. The summed E-state index contributed by atoms with van der Waals surface area (Å²) in [5, 5.41) is 14.3. The Balaban J connectivity index is 1.81. The molecule has 1 aromatic heterocycles. The highest BCUT2D eigenvalue weighted by molar-refractivity contribution is 7.12. The van der Waals surface area contributed by atoms with Gasteiger partial charge in [-0.1, -0.05) is 26.2 Å². The largest absolute Gasteiger partial charge is 0.477 e. The topological polar surface area (TPSA) is 49.3 Å². The van der Waals surface area contributed by atoms with Gasteiger partial charge in [-0.3, -0.25) is 0 Å². The smallest absolute Gasteiger partial charge is 0.346 e. The Morgan fingerprint density at radius 3 is 3.00 bits per heavy atom. The first-order valence-corrected chi connectivity index (χ1v) is 7.57. The first kappa shape index (κ1) is 13.6.